The topological polar surface area (TPSA) is 24.4 Å². The molecule has 5 heavy (non-hydrogen) atoms. The fourth-order valence-electron chi connectivity index (χ4n) is 0.323. The minimum absolute atomic E-state index is 0.137. The summed E-state index contributed by atoms with van der Waals surface area (Å²) in [5.74, 6) is 0. The molecular weight excluding hydrogens is 80.1 g/mol. The van der Waals surface area contributed by atoms with E-state index in [0.717, 1.165) is 6.54 Å². The second-order valence-corrected chi connectivity index (χ2v) is 2.16. The van der Waals surface area contributed by atoms with E-state index in [1.165, 1.54) is 0 Å². The molecule has 28 valence electrons. The zero-order chi connectivity index (χ0) is 3.54. The van der Waals surface area contributed by atoms with Gasteiger partial charge in [-0.2, -0.15) is 0 Å². The summed E-state index contributed by atoms with van der Waals surface area (Å²) in [5.41, 5.74) is 0. The van der Waals surface area contributed by atoms with Crippen LogP contribution in [0.2, 0.25) is 0 Å². The Bertz CT molecular complexity index is 45.6. The van der Waals surface area contributed by atoms with E-state index in [0.29, 0.717) is 0 Å². The van der Waals surface area contributed by atoms with Crippen LogP contribution in [0.3, 0.4) is 0 Å². The van der Waals surface area contributed by atoms with E-state index < -0.39 is 0 Å². The van der Waals surface area contributed by atoms with Crippen LogP contribution in [0.4, 0.5) is 0 Å². The van der Waals surface area contributed by atoms with Gasteiger partial charge in [-0.15, -0.1) is 0 Å². The molecule has 0 saturated carbocycles. The third kappa shape index (κ3) is 0.559. The van der Waals surface area contributed by atoms with Gasteiger partial charge in [0.2, 0.25) is 9.84 Å². The molecule has 0 unspecified atom stereocenters. The lowest BCUT2D eigenvalue weighted by molar-refractivity contribution is 1.18. The van der Waals surface area contributed by atoms with Gasteiger partial charge >= 0.3 is 0 Å². The predicted molar refractivity (Wildman–Crippen MR) is 25.0 cm³/mol. The highest BCUT2D eigenvalue weighted by molar-refractivity contribution is 6.34. The first-order valence-corrected chi connectivity index (χ1v) is 3.03. The molecule has 1 aliphatic heterocycles. The lowest BCUT2D eigenvalue weighted by Gasteiger charge is -1.73. The molecule has 0 bridgehead atoms. The zero-order valence-electron chi connectivity index (χ0n) is 2.94. The van der Waals surface area contributed by atoms with E-state index in [1.807, 2.05) is 6.21 Å². The van der Waals surface area contributed by atoms with Gasteiger partial charge in [-0.3, -0.25) is 0 Å². The molecule has 2 nitrogen and oxygen atoms in total. The van der Waals surface area contributed by atoms with Crippen LogP contribution in [-0.4, -0.2) is 22.6 Å². The Kier molecular flexibility index (Phi) is 0.810. The second-order valence-electron chi connectivity index (χ2n) is 0.977. The summed E-state index contributed by atoms with van der Waals surface area (Å²) < 4.78 is 3.99. The van der Waals surface area contributed by atoms with Gasteiger partial charge in [-0.05, 0) is 0 Å². The van der Waals surface area contributed by atoms with E-state index in [2.05, 4.69) is 9.64 Å². The molecule has 3 heteroatoms. The van der Waals surface area contributed by atoms with Crippen LogP contribution < -0.4 is 4.98 Å². The number of nitrogens with zero attached hydrogens (tertiary/aromatic N) is 1. The Morgan fingerprint density at radius 2 is 3.00 bits per heavy atom. The Hall–Kier alpha value is -0.153. The maximum atomic E-state index is 3.99. The van der Waals surface area contributed by atoms with Crippen molar-refractivity contribution in [2.75, 3.05) is 6.54 Å². The van der Waals surface area contributed by atoms with Crippen LogP contribution in [0.15, 0.2) is 4.66 Å². The Balaban J connectivity index is 2.32. The van der Waals surface area contributed by atoms with Gasteiger partial charge in [-0.1, -0.05) is 0 Å². The summed E-state index contributed by atoms with van der Waals surface area (Å²) in [6, 6.07) is 0. The third-order valence-corrected chi connectivity index (χ3v) is 1.52. The Morgan fingerprint density at radius 1 is 2.00 bits per heavy atom. The summed E-state index contributed by atoms with van der Waals surface area (Å²) in [4.78, 5) is 3.14. The predicted octanol–water partition coefficient (Wildman–Crippen LogP) is -1.34. The molecule has 0 saturated heterocycles. The first-order chi connectivity index (χ1) is 2.50. The smallest absolute Gasteiger partial charge is 0.221 e. The molecule has 1 heterocycles. The highest BCUT2D eigenvalue weighted by Crippen LogP contribution is 1.63. The maximum Gasteiger partial charge on any atom is 0.221 e. The van der Waals surface area contributed by atoms with Crippen molar-refractivity contribution < 1.29 is 0 Å². The minimum atomic E-state index is -0.137. The standard InChI is InChI=1S/C2H6N2Si/c1-2-4-5-3-1/h1,4H,2,5H2. The first kappa shape index (κ1) is 3.05. The molecule has 0 aliphatic carbocycles. The largest absolute Gasteiger partial charge is 0.321 e. The molecule has 0 aromatic carbocycles. The van der Waals surface area contributed by atoms with Crippen LogP contribution in [0.5, 0.6) is 0 Å². The van der Waals surface area contributed by atoms with Crippen molar-refractivity contribution in [3.05, 3.63) is 0 Å². The van der Waals surface area contributed by atoms with Crippen LogP contribution in [0, 0.1) is 0 Å². The lowest BCUT2D eigenvalue weighted by Crippen LogP contribution is -2.10. The number of hydrogen-bond donors (Lipinski definition) is 1. The van der Waals surface area contributed by atoms with E-state index in [9.17, 15) is 0 Å². The molecule has 1 rings (SSSR count). The third-order valence-electron chi connectivity index (χ3n) is 0.568. The van der Waals surface area contributed by atoms with Crippen LogP contribution >= 0.6 is 0 Å². The van der Waals surface area contributed by atoms with Gasteiger partial charge < -0.3 is 9.64 Å². The summed E-state index contributed by atoms with van der Waals surface area (Å²) in [7, 11) is -0.137. The van der Waals surface area contributed by atoms with Crippen molar-refractivity contribution in [2.24, 2.45) is 4.66 Å². The molecule has 0 radical (unpaired) electrons. The Morgan fingerprint density at radius 3 is 3.20 bits per heavy atom. The molecule has 0 aromatic heterocycles. The summed E-state index contributed by atoms with van der Waals surface area (Å²) in [6.07, 6.45) is 1.94. The minimum Gasteiger partial charge on any atom is -0.321 e. The second kappa shape index (κ2) is 1.33. The Labute approximate surface area is 33.3 Å². The molecule has 0 amide bonds. The summed E-state index contributed by atoms with van der Waals surface area (Å²) >= 11 is 0. The van der Waals surface area contributed by atoms with Crippen molar-refractivity contribution in [1.82, 2.24) is 4.98 Å². The van der Waals surface area contributed by atoms with Crippen molar-refractivity contribution in [3.63, 3.8) is 0 Å². The molecular formula is C2H6N2Si. The highest BCUT2D eigenvalue weighted by Gasteiger charge is 1.84. The molecule has 1 aliphatic rings. The van der Waals surface area contributed by atoms with Gasteiger partial charge in [0, 0.05) is 12.8 Å². The SMILES string of the molecule is C1=N[SiH2]NC1. The van der Waals surface area contributed by atoms with Crippen molar-refractivity contribution in [2.45, 2.75) is 0 Å². The van der Waals surface area contributed by atoms with Crippen molar-refractivity contribution >= 4 is 16.1 Å². The van der Waals surface area contributed by atoms with Crippen LogP contribution in [0.1, 0.15) is 0 Å². The van der Waals surface area contributed by atoms with Crippen molar-refractivity contribution in [1.29, 1.82) is 0 Å². The van der Waals surface area contributed by atoms with Crippen LogP contribution in [0.25, 0.3) is 0 Å². The average Bonchev–Trinajstić information content (AvgIpc) is 1.76. The number of hydrogen-bond acceptors (Lipinski definition) is 2. The van der Waals surface area contributed by atoms with Gasteiger partial charge in [0.05, 0.1) is 0 Å². The van der Waals surface area contributed by atoms with E-state index in [1.54, 1.807) is 0 Å². The van der Waals surface area contributed by atoms with Gasteiger partial charge in [0.25, 0.3) is 0 Å². The molecule has 0 fully saturated rings. The number of nitrogens with one attached hydrogen (secondary N) is 1. The summed E-state index contributed by atoms with van der Waals surface area (Å²) in [5, 5.41) is 0. The van der Waals surface area contributed by atoms with Gasteiger partial charge in [0.1, 0.15) is 0 Å². The first-order valence-electron chi connectivity index (χ1n) is 1.69. The lowest BCUT2D eigenvalue weighted by atomic mass is 10.8. The zero-order valence-corrected chi connectivity index (χ0v) is 4.35. The molecule has 0 aromatic rings. The van der Waals surface area contributed by atoms with E-state index in [4.69, 9.17) is 0 Å². The normalized spacial score (nSPS) is 25.6. The fourth-order valence-corrected chi connectivity index (χ4v) is 0.968. The highest BCUT2D eigenvalue weighted by atomic mass is 28.2. The summed E-state index contributed by atoms with van der Waals surface area (Å²) in [6.45, 7) is 1.02. The quantitative estimate of drug-likeness (QED) is 0.362. The van der Waals surface area contributed by atoms with Gasteiger partial charge in [0.15, 0.2) is 0 Å². The molecule has 0 atom stereocenters. The molecule has 0 spiro atoms. The maximum absolute atomic E-state index is 3.99. The fraction of sp³-hybridized carbons (Fsp3) is 0.500. The van der Waals surface area contributed by atoms with Crippen molar-refractivity contribution in [3.8, 4) is 0 Å². The monoisotopic (exact) mass is 86.0 g/mol. The molecule has 1 N–H and O–H groups in total. The van der Waals surface area contributed by atoms with Gasteiger partial charge in [-0.25, -0.2) is 0 Å². The number of rotatable bonds is 0. The average molecular weight is 86.2 g/mol. The van der Waals surface area contributed by atoms with E-state index >= 15 is 0 Å². The van der Waals surface area contributed by atoms with Crippen LogP contribution in [-0.2, 0) is 0 Å². The van der Waals surface area contributed by atoms with E-state index in [-0.39, 0.29) is 9.84 Å².